The first-order chi connectivity index (χ1) is 6.86. The van der Waals surface area contributed by atoms with Gasteiger partial charge in [-0.2, -0.15) is 0 Å². The van der Waals surface area contributed by atoms with Crippen LogP contribution < -0.4 is 16.0 Å². The Kier molecular flexibility index (Phi) is 3.34. The quantitative estimate of drug-likeness (QED) is 0.507. The molecule has 2 saturated heterocycles. The van der Waals surface area contributed by atoms with Crippen LogP contribution in [0.25, 0.3) is 0 Å². The minimum Gasteiger partial charge on any atom is -0.378 e. The van der Waals surface area contributed by atoms with E-state index in [2.05, 4.69) is 16.0 Å². The second kappa shape index (κ2) is 4.72. The lowest BCUT2D eigenvalue weighted by Crippen LogP contribution is -2.54. The molecule has 1 atom stereocenters. The molecule has 3 N–H and O–H groups in total. The number of rotatable bonds is 3. The van der Waals surface area contributed by atoms with E-state index < -0.39 is 0 Å². The van der Waals surface area contributed by atoms with Crippen LogP contribution in [-0.4, -0.2) is 51.3 Å². The largest absolute Gasteiger partial charge is 0.378 e. The summed E-state index contributed by atoms with van der Waals surface area (Å²) in [6.07, 6.45) is 0. The van der Waals surface area contributed by atoms with E-state index in [-0.39, 0.29) is 11.9 Å². The monoisotopic (exact) mass is 199 g/mol. The highest BCUT2D eigenvalue weighted by Gasteiger charge is 2.23. The third-order valence-electron chi connectivity index (χ3n) is 2.67. The maximum Gasteiger partial charge on any atom is 0.239 e. The molecule has 2 aliphatic rings. The first-order valence-electron chi connectivity index (χ1n) is 5.16. The van der Waals surface area contributed by atoms with Gasteiger partial charge in [0.05, 0.1) is 13.2 Å². The molecule has 0 spiro atoms. The number of morpholine rings is 1. The predicted octanol–water partition coefficient (Wildman–Crippen LogP) is -1.69. The van der Waals surface area contributed by atoms with Crippen LogP contribution in [-0.2, 0) is 9.53 Å². The zero-order chi connectivity index (χ0) is 9.80. The third kappa shape index (κ3) is 2.43. The molecule has 2 rings (SSSR count). The van der Waals surface area contributed by atoms with E-state index in [1.54, 1.807) is 0 Å². The number of carbonyl (C=O) groups excluding carboxylic acids is 1. The van der Waals surface area contributed by atoms with E-state index in [9.17, 15) is 4.79 Å². The van der Waals surface area contributed by atoms with E-state index in [0.717, 1.165) is 26.2 Å². The Balaban J connectivity index is 1.65. The molecule has 0 saturated carbocycles. The molecule has 5 nitrogen and oxygen atoms in total. The van der Waals surface area contributed by atoms with Crippen molar-refractivity contribution in [1.29, 1.82) is 0 Å². The van der Waals surface area contributed by atoms with Crippen molar-refractivity contribution in [1.82, 2.24) is 16.0 Å². The number of nitrogens with one attached hydrogen (secondary N) is 3. The minimum absolute atomic E-state index is 0.0663. The van der Waals surface area contributed by atoms with Crippen molar-refractivity contribution in [3.63, 3.8) is 0 Å². The lowest BCUT2D eigenvalue weighted by Gasteiger charge is -2.29. The number of ether oxygens (including phenoxy) is 1. The van der Waals surface area contributed by atoms with Crippen molar-refractivity contribution in [2.75, 3.05) is 39.4 Å². The van der Waals surface area contributed by atoms with Gasteiger partial charge >= 0.3 is 0 Å². The van der Waals surface area contributed by atoms with Crippen LogP contribution in [0.4, 0.5) is 0 Å². The molecule has 2 fully saturated rings. The first kappa shape index (κ1) is 9.89. The Bertz CT molecular complexity index is 200. The summed E-state index contributed by atoms with van der Waals surface area (Å²) in [6, 6.07) is -0.156. The van der Waals surface area contributed by atoms with Gasteiger partial charge in [-0.1, -0.05) is 0 Å². The summed E-state index contributed by atoms with van der Waals surface area (Å²) in [5.74, 6) is 0.681. The average molecular weight is 199 g/mol. The molecule has 1 amide bonds. The summed E-state index contributed by atoms with van der Waals surface area (Å²) in [5, 5.41) is 9.23. The van der Waals surface area contributed by atoms with Crippen LogP contribution in [0.5, 0.6) is 0 Å². The van der Waals surface area contributed by atoms with Crippen LogP contribution in [0, 0.1) is 5.92 Å². The van der Waals surface area contributed by atoms with Gasteiger partial charge in [0.15, 0.2) is 0 Å². The SMILES string of the molecule is O=C(NCC1CNC1)[C@H]1COCCN1. The highest BCUT2D eigenvalue weighted by Crippen LogP contribution is 2.00. The van der Waals surface area contributed by atoms with Crippen LogP contribution in [0.15, 0.2) is 0 Å². The third-order valence-corrected chi connectivity index (χ3v) is 2.67. The van der Waals surface area contributed by atoms with Crippen LogP contribution in [0.1, 0.15) is 0 Å². The topological polar surface area (TPSA) is 62.4 Å². The molecule has 0 aromatic rings. The fraction of sp³-hybridized carbons (Fsp3) is 0.889. The van der Waals surface area contributed by atoms with Crippen molar-refractivity contribution in [3.8, 4) is 0 Å². The lowest BCUT2D eigenvalue weighted by molar-refractivity contribution is -0.126. The smallest absolute Gasteiger partial charge is 0.239 e. The maximum absolute atomic E-state index is 11.6. The van der Waals surface area contributed by atoms with Crippen LogP contribution in [0.3, 0.4) is 0 Å². The van der Waals surface area contributed by atoms with Crippen molar-refractivity contribution in [2.24, 2.45) is 5.92 Å². The molecular weight excluding hydrogens is 182 g/mol. The van der Waals surface area contributed by atoms with Crippen molar-refractivity contribution in [3.05, 3.63) is 0 Å². The summed E-state index contributed by atoms with van der Waals surface area (Å²) in [7, 11) is 0. The minimum atomic E-state index is -0.156. The van der Waals surface area contributed by atoms with E-state index >= 15 is 0 Å². The molecule has 0 unspecified atom stereocenters. The zero-order valence-corrected chi connectivity index (χ0v) is 8.21. The molecule has 14 heavy (non-hydrogen) atoms. The molecule has 0 bridgehead atoms. The van der Waals surface area contributed by atoms with E-state index in [1.165, 1.54) is 0 Å². The van der Waals surface area contributed by atoms with E-state index in [0.29, 0.717) is 19.1 Å². The van der Waals surface area contributed by atoms with Crippen molar-refractivity contribution < 1.29 is 9.53 Å². The molecule has 0 aliphatic carbocycles. The summed E-state index contributed by atoms with van der Waals surface area (Å²) in [5.41, 5.74) is 0. The molecule has 80 valence electrons. The van der Waals surface area contributed by atoms with Gasteiger partial charge in [0, 0.05) is 32.1 Å². The van der Waals surface area contributed by atoms with Gasteiger partial charge in [-0.25, -0.2) is 0 Å². The van der Waals surface area contributed by atoms with Gasteiger partial charge in [-0.3, -0.25) is 4.79 Å². The van der Waals surface area contributed by atoms with Crippen molar-refractivity contribution in [2.45, 2.75) is 6.04 Å². The zero-order valence-electron chi connectivity index (χ0n) is 8.21. The van der Waals surface area contributed by atoms with Gasteiger partial charge in [0.2, 0.25) is 5.91 Å². The Labute approximate surface area is 83.6 Å². The molecule has 2 heterocycles. The molecule has 0 aromatic carbocycles. The second-order valence-corrected chi connectivity index (χ2v) is 3.85. The molecular formula is C9H17N3O2. The van der Waals surface area contributed by atoms with E-state index in [4.69, 9.17) is 4.74 Å². The Morgan fingerprint density at radius 1 is 1.50 bits per heavy atom. The molecule has 2 aliphatic heterocycles. The number of carbonyl (C=O) groups is 1. The normalized spacial score (nSPS) is 28.1. The van der Waals surface area contributed by atoms with Gasteiger partial charge in [0.1, 0.15) is 6.04 Å². The standard InChI is InChI=1S/C9H17N3O2/c13-9(8-6-14-2-1-11-8)12-5-7-3-10-4-7/h7-8,10-11H,1-6H2,(H,12,13)/t8-/m1/s1. The summed E-state index contributed by atoms with van der Waals surface area (Å²) in [4.78, 5) is 11.6. The van der Waals surface area contributed by atoms with Gasteiger partial charge in [0.25, 0.3) is 0 Å². The second-order valence-electron chi connectivity index (χ2n) is 3.85. The van der Waals surface area contributed by atoms with Gasteiger partial charge in [-0.15, -0.1) is 0 Å². The summed E-state index contributed by atoms with van der Waals surface area (Å²) in [6.45, 7) is 4.79. The van der Waals surface area contributed by atoms with Crippen molar-refractivity contribution >= 4 is 5.91 Å². The highest BCUT2D eigenvalue weighted by atomic mass is 16.5. The fourth-order valence-corrected chi connectivity index (χ4v) is 1.59. The number of hydrogen-bond acceptors (Lipinski definition) is 4. The maximum atomic E-state index is 11.6. The Morgan fingerprint density at radius 3 is 2.93 bits per heavy atom. The highest BCUT2D eigenvalue weighted by molar-refractivity contribution is 5.81. The first-order valence-corrected chi connectivity index (χ1v) is 5.16. The predicted molar refractivity (Wildman–Crippen MR) is 52.0 cm³/mol. The average Bonchev–Trinajstić information content (AvgIpc) is 2.16. The number of hydrogen-bond donors (Lipinski definition) is 3. The molecule has 0 aromatic heterocycles. The molecule has 0 radical (unpaired) electrons. The summed E-state index contributed by atoms with van der Waals surface area (Å²) < 4.78 is 5.21. The fourth-order valence-electron chi connectivity index (χ4n) is 1.59. The number of amides is 1. The van der Waals surface area contributed by atoms with Gasteiger partial charge in [-0.05, 0) is 0 Å². The lowest BCUT2D eigenvalue weighted by atomic mass is 10.0. The van der Waals surface area contributed by atoms with Crippen LogP contribution in [0.2, 0.25) is 0 Å². The van der Waals surface area contributed by atoms with Gasteiger partial charge < -0.3 is 20.7 Å². The van der Waals surface area contributed by atoms with E-state index in [1.807, 2.05) is 0 Å². The molecule has 5 heteroatoms. The summed E-state index contributed by atoms with van der Waals surface area (Å²) >= 11 is 0. The Hall–Kier alpha value is -0.650. The Morgan fingerprint density at radius 2 is 2.36 bits per heavy atom. The van der Waals surface area contributed by atoms with Crippen LogP contribution >= 0.6 is 0 Å².